The molecule has 3 N–H and O–H groups in total. The Morgan fingerprint density at radius 3 is 2.10 bits per heavy atom. The Bertz CT molecular complexity index is 520. The summed E-state index contributed by atoms with van der Waals surface area (Å²) >= 11 is 0. The second-order valence-electron chi connectivity index (χ2n) is 3.84. The minimum Gasteiger partial charge on any atom is -0.478 e. The molecule has 1 atom stereocenters. The van der Waals surface area contributed by atoms with Crippen molar-refractivity contribution in [3.05, 3.63) is 48.0 Å². The lowest BCUT2D eigenvalue weighted by Crippen LogP contribution is -2.17. The fourth-order valence-electron chi connectivity index (χ4n) is 1.12. The normalized spacial score (nSPS) is 10.6. The van der Waals surface area contributed by atoms with Crippen LogP contribution >= 0.6 is 0 Å². The highest BCUT2D eigenvalue weighted by molar-refractivity contribution is 6.02. The third-order valence-electron chi connectivity index (χ3n) is 2.01. The van der Waals surface area contributed by atoms with Crippen LogP contribution in [-0.4, -0.2) is 45.9 Å². The second-order valence-corrected chi connectivity index (χ2v) is 3.84. The first-order valence-corrected chi connectivity index (χ1v) is 5.82. The predicted octanol–water partition coefficient (Wildman–Crippen LogP) is 1.18. The van der Waals surface area contributed by atoms with E-state index in [1.807, 2.05) is 0 Å². The molecule has 114 valence electrons. The molecule has 0 amide bonds. The third kappa shape index (κ3) is 7.48. The van der Waals surface area contributed by atoms with E-state index in [0.29, 0.717) is 0 Å². The molecule has 1 aromatic rings. The Kier molecular flexibility index (Phi) is 8.09. The summed E-state index contributed by atoms with van der Waals surface area (Å²) in [6, 6.07) is 5.76. The van der Waals surface area contributed by atoms with E-state index in [2.05, 4.69) is 6.58 Å². The standard InChI is InChI=1S/C11H12O5.C3H4O2/c1-7(12)6-16-11(15)9-5-3-2-4-8(9)10(13)14;1-2-3(4)5/h2-5,7,12H,6H2,1H3,(H,13,14);2H,1H2,(H,4,5). The molecule has 0 fully saturated rings. The number of carbonyl (C=O) groups excluding carboxylic acids is 1. The fourth-order valence-corrected chi connectivity index (χ4v) is 1.12. The third-order valence-corrected chi connectivity index (χ3v) is 2.01. The Labute approximate surface area is 121 Å². The van der Waals surface area contributed by atoms with Gasteiger partial charge in [-0.3, -0.25) is 0 Å². The molecule has 0 aliphatic heterocycles. The summed E-state index contributed by atoms with van der Waals surface area (Å²) in [7, 11) is 0. The summed E-state index contributed by atoms with van der Waals surface area (Å²) in [6.07, 6.45) is 0.0564. The van der Waals surface area contributed by atoms with Gasteiger partial charge in [0.1, 0.15) is 6.61 Å². The van der Waals surface area contributed by atoms with Crippen LogP contribution < -0.4 is 0 Å². The van der Waals surface area contributed by atoms with Gasteiger partial charge in [-0.2, -0.15) is 0 Å². The van der Waals surface area contributed by atoms with Crippen molar-refractivity contribution in [1.82, 2.24) is 0 Å². The molecule has 7 nitrogen and oxygen atoms in total. The number of aliphatic hydroxyl groups is 1. The van der Waals surface area contributed by atoms with Crippen LogP contribution in [0.25, 0.3) is 0 Å². The van der Waals surface area contributed by atoms with Gasteiger partial charge in [0.25, 0.3) is 0 Å². The number of benzene rings is 1. The van der Waals surface area contributed by atoms with E-state index >= 15 is 0 Å². The van der Waals surface area contributed by atoms with Crippen molar-refractivity contribution >= 4 is 17.9 Å². The predicted molar refractivity (Wildman–Crippen MR) is 73.2 cm³/mol. The van der Waals surface area contributed by atoms with Crippen LogP contribution in [0.2, 0.25) is 0 Å². The van der Waals surface area contributed by atoms with E-state index in [1.165, 1.54) is 25.1 Å². The quantitative estimate of drug-likeness (QED) is 0.551. The monoisotopic (exact) mass is 296 g/mol. The Morgan fingerprint density at radius 2 is 1.71 bits per heavy atom. The molecule has 0 heterocycles. The van der Waals surface area contributed by atoms with Gasteiger partial charge >= 0.3 is 17.9 Å². The lowest BCUT2D eigenvalue weighted by atomic mass is 10.1. The molecule has 7 heteroatoms. The summed E-state index contributed by atoms with van der Waals surface area (Å²) in [4.78, 5) is 31.5. The number of aromatic carboxylic acids is 1. The number of hydrogen-bond donors (Lipinski definition) is 3. The fraction of sp³-hybridized carbons (Fsp3) is 0.214. The SMILES string of the molecule is C=CC(=O)O.CC(O)COC(=O)c1ccccc1C(=O)O. The highest BCUT2D eigenvalue weighted by Gasteiger charge is 2.17. The number of hydrogen-bond acceptors (Lipinski definition) is 5. The molecule has 0 saturated heterocycles. The first-order valence-electron chi connectivity index (χ1n) is 5.82. The molecule has 0 radical (unpaired) electrons. The van der Waals surface area contributed by atoms with Gasteiger partial charge in [-0.15, -0.1) is 0 Å². The number of carbonyl (C=O) groups is 3. The van der Waals surface area contributed by atoms with E-state index < -0.39 is 24.0 Å². The lowest BCUT2D eigenvalue weighted by molar-refractivity contribution is -0.131. The topological polar surface area (TPSA) is 121 Å². The number of ether oxygens (including phenoxy) is 1. The van der Waals surface area contributed by atoms with E-state index in [-0.39, 0.29) is 17.7 Å². The summed E-state index contributed by atoms with van der Waals surface area (Å²) in [5.41, 5.74) is -0.131. The molecule has 1 rings (SSSR count). The van der Waals surface area contributed by atoms with Crippen molar-refractivity contribution in [2.75, 3.05) is 6.61 Å². The largest absolute Gasteiger partial charge is 0.478 e. The maximum Gasteiger partial charge on any atom is 0.339 e. The van der Waals surface area contributed by atoms with E-state index in [0.717, 1.165) is 6.08 Å². The summed E-state index contributed by atoms with van der Waals surface area (Å²) in [5, 5.41) is 25.4. The molecular formula is C14H16O7. The highest BCUT2D eigenvalue weighted by atomic mass is 16.5. The first kappa shape index (κ1) is 18.3. The van der Waals surface area contributed by atoms with Crippen LogP contribution in [0.3, 0.4) is 0 Å². The molecule has 0 aliphatic rings. The highest BCUT2D eigenvalue weighted by Crippen LogP contribution is 2.10. The number of esters is 1. The van der Waals surface area contributed by atoms with Crippen molar-refractivity contribution < 1.29 is 34.4 Å². The van der Waals surface area contributed by atoms with Crippen LogP contribution in [0.4, 0.5) is 0 Å². The van der Waals surface area contributed by atoms with Crippen LogP contribution in [0.15, 0.2) is 36.9 Å². The van der Waals surface area contributed by atoms with E-state index in [9.17, 15) is 14.4 Å². The number of carboxylic acid groups (broad SMARTS) is 2. The van der Waals surface area contributed by atoms with Crippen molar-refractivity contribution in [3.63, 3.8) is 0 Å². The van der Waals surface area contributed by atoms with E-state index in [1.54, 1.807) is 6.07 Å². The van der Waals surface area contributed by atoms with Crippen LogP contribution in [-0.2, 0) is 9.53 Å². The second kappa shape index (κ2) is 9.27. The smallest absolute Gasteiger partial charge is 0.339 e. The summed E-state index contributed by atoms with van der Waals surface area (Å²) in [5.74, 6) is -2.92. The van der Waals surface area contributed by atoms with Gasteiger partial charge in [0.15, 0.2) is 0 Å². The molecule has 1 unspecified atom stereocenters. The van der Waals surface area contributed by atoms with Gasteiger partial charge in [-0.05, 0) is 19.1 Å². The van der Waals surface area contributed by atoms with Gasteiger partial charge in [-0.25, -0.2) is 14.4 Å². The Morgan fingerprint density at radius 1 is 1.24 bits per heavy atom. The average Bonchev–Trinajstić information content (AvgIpc) is 2.45. The first-order chi connectivity index (χ1) is 9.79. The average molecular weight is 296 g/mol. The summed E-state index contributed by atoms with van der Waals surface area (Å²) < 4.78 is 4.73. The molecule has 0 saturated carbocycles. The van der Waals surface area contributed by atoms with E-state index in [4.69, 9.17) is 20.1 Å². The zero-order valence-corrected chi connectivity index (χ0v) is 11.4. The molecule has 0 aliphatic carbocycles. The lowest BCUT2D eigenvalue weighted by Gasteiger charge is -2.08. The number of carboxylic acids is 2. The van der Waals surface area contributed by atoms with Crippen molar-refractivity contribution in [1.29, 1.82) is 0 Å². The Balaban J connectivity index is 0.000000690. The van der Waals surface area contributed by atoms with Crippen LogP contribution in [0, 0.1) is 0 Å². The van der Waals surface area contributed by atoms with Crippen molar-refractivity contribution in [3.8, 4) is 0 Å². The number of aliphatic carboxylic acids is 1. The van der Waals surface area contributed by atoms with Crippen LogP contribution in [0.5, 0.6) is 0 Å². The van der Waals surface area contributed by atoms with Crippen molar-refractivity contribution in [2.45, 2.75) is 13.0 Å². The molecule has 0 spiro atoms. The zero-order valence-electron chi connectivity index (χ0n) is 11.4. The maximum atomic E-state index is 11.5. The van der Waals surface area contributed by atoms with Gasteiger partial charge in [-0.1, -0.05) is 18.7 Å². The van der Waals surface area contributed by atoms with Gasteiger partial charge in [0.05, 0.1) is 17.2 Å². The van der Waals surface area contributed by atoms with Gasteiger partial charge in [0, 0.05) is 6.08 Å². The molecule has 21 heavy (non-hydrogen) atoms. The zero-order chi connectivity index (χ0) is 16.4. The van der Waals surface area contributed by atoms with Gasteiger partial charge < -0.3 is 20.1 Å². The van der Waals surface area contributed by atoms with Crippen LogP contribution in [0.1, 0.15) is 27.6 Å². The number of rotatable bonds is 5. The van der Waals surface area contributed by atoms with Gasteiger partial charge in [0.2, 0.25) is 0 Å². The minimum atomic E-state index is -1.19. The molecule has 0 aromatic heterocycles. The molecule has 0 bridgehead atoms. The number of aliphatic hydroxyl groups excluding tert-OH is 1. The minimum absolute atomic E-state index is 0.0179. The molecular weight excluding hydrogens is 280 g/mol. The summed E-state index contributed by atoms with van der Waals surface area (Å²) in [6.45, 7) is 4.27. The molecule has 1 aromatic carbocycles. The van der Waals surface area contributed by atoms with Crippen molar-refractivity contribution in [2.24, 2.45) is 0 Å². The maximum absolute atomic E-state index is 11.5. The Hall–Kier alpha value is -2.67.